The lowest BCUT2D eigenvalue weighted by atomic mass is 10.0. The first-order chi connectivity index (χ1) is 8.58. The molecule has 0 atom stereocenters. The number of aryl methyl sites for hydroxylation is 2. The molecule has 0 saturated heterocycles. The second kappa shape index (κ2) is 4.90. The Morgan fingerprint density at radius 3 is 2.56 bits per heavy atom. The van der Waals surface area contributed by atoms with Crippen LogP contribution in [0.1, 0.15) is 23.9 Å². The van der Waals surface area contributed by atoms with Crippen molar-refractivity contribution in [3.8, 4) is 11.1 Å². The van der Waals surface area contributed by atoms with Gasteiger partial charge >= 0.3 is 0 Å². The molecule has 0 aliphatic rings. The van der Waals surface area contributed by atoms with E-state index in [0.717, 1.165) is 29.1 Å². The molecule has 3 nitrogen and oxygen atoms in total. The number of hydrogen-bond donors (Lipinski definition) is 1. The third-order valence-corrected chi connectivity index (χ3v) is 3.22. The smallest absolute Gasteiger partial charge is 0.131 e. The van der Waals surface area contributed by atoms with Crippen LogP contribution in [-0.4, -0.2) is 9.78 Å². The zero-order valence-corrected chi connectivity index (χ0v) is 11.0. The summed E-state index contributed by atoms with van der Waals surface area (Å²) in [6.07, 6.45) is 0. The Morgan fingerprint density at radius 1 is 1.33 bits per heavy atom. The monoisotopic (exact) mass is 247 g/mol. The topological polar surface area (TPSA) is 43.8 Å². The standard InChI is InChI=1S/C14H18FN3/c1-4-18-10(3)14(9(2)17-18)12-6-5-11(8-16)7-13(12)15/h5-7H,4,8,16H2,1-3H3. The summed E-state index contributed by atoms with van der Waals surface area (Å²) < 4.78 is 16.0. The molecule has 1 heterocycles. The highest BCUT2D eigenvalue weighted by Gasteiger charge is 2.16. The molecule has 4 heteroatoms. The summed E-state index contributed by atoms with van der Waals surface area (Å²) in [5.41, 5.74) is 9.65. The van der Waals surface area contributed by atoms with E-state index in [1.54, 1.807) is 6.07 Å². The maximum atomic E-state index is 14.1. The van der Waals surface area contributed by atoms with Crippen LogP contribution in [0.4, 0.5) is 4.39 Å². The minimum atomic E-state index is -0.236. The van der Waals surface area contributed by atoms with Crippen molar-refractivity contribution in [1.82, 2.24) is 9.78 Å². The van der Waals surface area contributed by atoms with Gasteiger partial charge in [-0.2, -0.15) is 5.10 Å². The molecule has 2 aromatic rings. The molecule has 18 heavy (non-hydrogen) atoms. The largest absolute Gasteiger partial charge is 0.326 e. The minimum Gasteiger partial charge on any atom is -0.326 e. The number of rotatable bonds is 3. The van der Waals surface area contributed by atoms with Gasteiger partial charge in [-0.25, -0.2) is 4.39 Å². The quantitative estimate of drug-likeness (QED) is 0.906. The molecule has 0 amide bonds. The van der Waals surface area contributed by atoms with Crippen molar-refractivity contribution < 1.29 is 4.39 Å². The number of nitrogens with two attached hydrogens (primary N) is 1. The highest BCUT2D eigenvalue weighted by molar-refractivity contribution is 5.69. The first-order valence-electron chi connectivity index (χ1n) is 6.11. The fourth-order valence-electron chi connectivity index (χ4n) is 2.28. The molecule has 0 fully saturated rings. The zero-order valence-electron chi connectivity index (χ0n) is 11.0. The molecular formula is C14H18FN3. The van der Waals surface area contributed by atoms with Gasteiger partial charge in [0.05, 0.1) is 5.69 Å². The van der Waals surface area contributed by atoms with Crippen molar-refractivity contribution in [3.05, 3.63) is 41.0 Å². The molecule has 0 saturated carbocycles. The van der Waals surface area contributed by atoms with E-state index in [9.17, 15) is 4.39 Å². The molecule has 0 radical (unpaired) electrons. The molecule has 2 N–H and O–H groups in total. The third kappa shape index (κ3) is 2.04. The van der Waals surface area contributed by atoms with Crippen LogP contribution in [-0.2, 0) is 13.1 Å². The van der Waals surface area contributed by atoms with Crippen LogP contribution in [0, 0.1) is 19.7 Å². The van der Waals surface area contributed by atoms with E-state index >= 15 is 0 Å². The Hall–Kier alpha value is -1.68. The van der Waals surface area contributed by atoms with Gasteiger partial charge in [0, 0.05) is 29.9 Å². The van der Waals surface area contributed by atoms with Gasteiger partial charge in [-0.15, -0.1) is 0 Å². The Labute approximate surface area is 106 Å². The van der Waals surface area contributed by atoms with Crippen molar-refractivity contribution in [2.75, 3.05) is 0 Å². The molecular weight excluding hydrogens is 229 g/mol. The Bertz CT molecular complexity index is 573. The minimum absolute atomic E-state index is 0.236. The average molecular weight is 247 g/mol. The van der Waals surface area contributed by atoms with Gasteiger partial charge in [0.2, 0.25) is 0 Å². The fourth-order valence-corrected chi connectivity index (χ4v) is 2.28. The van der Waals surface area contributed by atoms with Gasteiger partial charge in [-0.3, -0.25) is 4.68 Å². The normalized spacial score (nSPS) is 10.9. The maximum Gasteiger partial charge on any atom is 0.131 e. The summed E-state index contributed by atoms with van der Waals surface area (Å²) in [6.45, 7) is 7.04. The SMILES string of the molecule is CCn1nc(C)c(-c2ccc(CN)cc2F)c1C. The lowest BCUT2D eigenvalue weighted by Crippen LogP contribution is -1.99. The van der Waals surface area contributed by atoms with Crippen molar-refractivity contribution in [3.63, 3.8) is 0 Å². The van der Waals surface area contributed by atoms with E-state index in [2.05, 4.69) is 5.10 Å². The molecule has 2 rings (SSSR count). The van der Waals surface area contributed by atoms with Crippen molar-refractivity contribution >= 4 is 0 Å². The van der Waals surface area contributed by atoms with E-state index in [1.165, 1.54) is 6.07 Å². The number of halogens is 1. The highest BCUT2D eigenvalue weighted by Crippen LogP contribution is 2.29. The molecule has 0 aliphatic carbocycles. The zero-order chi connectivity index (χ0) is 13.3. The van der Waals surface area contributed by atoms with Crippen molar-refractivity contribution in [2.24, 2.45) is 5.73 Å². The fraction of sp³-hybridized carbons (Fsp3) is 0.357. The average Bonchev–Trinajstić information content (AvgIpc) is 2.64. The predicted molar refractivity (Wildman–Crippen MR) is 70.7 cm³/mol. The Morgan fingerprint density at radius 2 is 2.06 bits per heavy atom. The number of aromatic nitrogens is 2. The summed E-state index contributed by atoms with van der Waals surface area (Å²) in [5.74, 6) is -0.236. The lowest BCUT2D eigenvalue weighted by molar-refractivity contribution is 0.627. The van der Waals surface area contributed by atoms with Crippen molar-refractivity contribution in [1.29, 1.82) is 0 Å². The molecule has 0 unspecified atom stereocenters. The molecule has 1 aromatic carbocycles. The van der Waals surface area contributed by atoms with E-state index < -0.39 is 0 Å². The first kappa shape index (κ1) is 12.8. The van der Waals surface area contributed by atoms with Crippen LogP contribution in [0.15, 0.2) is 18.2 Å². The number of hydrogen-bond acceptors (Lipinski definition) is 2. The summed E-state index contributed by atoms with van der Waals surface area (Å²) >= 11 is 0. The molecule has 1 aromatic heterocycles. The first-order valence-corrected chi connectivity index (χ1v) is 6.11. The Balaban J connectivity index is 2.58. The summed E-state index contributed by atoms with van der Waals surface area (Å²) in [7, 11) is 0. The van der Waals surface area contributed by atoms with E-state index in [0.29, 0.717) is 12.1 Å². The number of benzene rings is 1. The molecule has 96 valence electrons. The van der Waals surface area contributed by atoms with E-state index in [1.807, 2.05) is 31.5 Å². The van der Waals surface area contributed by atoms with Crippen LogP contribution < -0.4 is 5.73 Å². The van der Waals surface area contributed by atoms with Crippen molar-refractivity contribution in [2.45, 2.75) is 33.9 Å². The van der Waals surface area contributed by atoms with E-state index in [4.69, 9.17) is 5.73 Å². The molecule has 0 spiro atoms. The predicted octanol–water partition coefficient (Wildman–Crippen LogP) is 2.78. The second-order valence-corrected chi connectivity index (χ2v) is 4.38. The van der Waals surface area contributed by atoms with Gasteiger partial charge in [-0.05, 0) is 32.4 Å². The summed E-state index contributed by atoms with van der Waals surface area (Å²) in [5, 5.41) is 4.41. The third-order valence-electron chi connectivity index (χ3n) is 3.22. The molecule has 0 bridgehead atoms. The van der Waals surface area contributed by atoms with Gasteiger partial charge in [-0.1, -0.05) is 12.1 Å². The van der Waals surface area contributed by atoms with Gasteiger partial charge in [0.25, 0.3) is 0 Å². The summed E-state index contributed by atoms with van der Waals surface area (Å²) in [4.78, 5) is 0. The lowest BCUT2D eigenvalue weighted by Gasteiger charge is -2.06. The van der Waals surface area contributed by atoms with Gasteiger partial charge < -0.3 is 5.73 Å². The van der Waals surface area contributed by atoms with Gasteiger partial charge in [0.1, 0.15) is 5.82 Å². The summed E-state index contributed by atoms with van der Waals surface area (Å²) in [6, 6.07) is 5.15. The van der Waals surface area contributed by atoms with Crippen LogP contribution >= 0.6 is 0 Å². The Kier molecular flexibility index (Phi) is 3.48. The van der Waals surface area contributed by atoms with Crippen LogP contribution in [0.5, 0.6) is 0 Å². The second-order valence-electron chi connectivity index (χ2n) is 4.38. The maximum absolute atomic E-state index is 14.1. The highest BCUT2D eigenvalue weighted by atomic mass is 19.1. The van der Waals surface area contributed by atoms with Crippen LogP contribution in [0.3, 0.4) is 0 Å². The van der Waals surface area contributed by atoms with Gasteiger partial charge in [0.15, 0.2) is 0 Å². The van der Waals surface area contributed by atoms with Crippen LogP contribution in [0.2, 0.25) is 0 Å². The van der Waals surface area contributed by atoms with Crippen LogP contribution in [0.25, 0.3) is 11.1 Å². The van der Waals surface area contributed by atoms with E-state index in [-0.39, 0.29) is 5.82 Å². The number of nitrogens with zero attached hydrogens (tertiary/aromatic N) is 2. The molecule has 0 aliphatic heterocycles.